The van der Waals surface area contributed by atoms with E-state index in [1.807, 2.05) is 56.3 Å². The fraction of sp³-hybridized carbons (Fsp3) is 0.316. The third kappa shape index (κ3) is 3.33. The second kappa shape index (κ2) is 6.13. The fourth-order valence-corrected chi connectivity index (χ4v) is 2.49. The maximum Gasteiger partial charge on any atom is 0.338 e. The van der Waals surface area contributed by atoms with Gasteiger partial charge in [0.15, 0.2) is 0 Å². The lowest BCUT2D eigenvalue weighted by molar-refractivity contribution is 0.0375. The molecule has 110 valence electrons. The monoisotopic (exact) mass is 282 g/mol. The maximum absolute atomic E-state index is 12.3. The SMILES string of the molecule is CC(C)OC(=O)c1ccccc1C(C)(C)c1ccccc1. The summed E-state index contributed by atoms with van der Waals surface area (Å²) in [6, 6.07) is 17.9. The number of benzene rings is 2. The summed E-state index contributed by atoms with van der Waals surface area (Å²) < 4.78 is 5.37. The first-order chi connectivity index (χ1) is 9.93. The highest BCUT2D eigenvalue weighted by Crippen LogP contribution is 2.33. The van der Waals surface area contributed by atoms with Gasteiger partial charge in [0.2, 0.25) is 0 Å². The second-order valence-corrected chi connectivity index (χ2v) is 5.99. The van der Waals surface area contributed by atoms with Crippen LogP contribution in [-0.2, 0) is 10.2 Å². The summed E-state index contributed by atoms with van der Waals surface area (Å²) in [5, 5.41) is 0. The van der Waals surface area contributed by atoms with Gasteiger partial charge in [-0.2, -0.15) is 0 Å². The molecule has 2 nitrogen and oxygen atoms in total. The van der Waals surface area contributed by atoms with Crippen LogP contribution in [0.2, 0.25) is 0 Å². The number of ether oxygens (including phenoxy) is 1. The lowest BCUT2D eigenvalue weighted by atomic mass is 9.76. The van der Waals surface area contributed by atoms with Crippen molar-refractivity contribution in [3.05, 3.63) is 71.3 Å². The fourth-order valence-electron chi connectivity index (χ4n) is 2.49. The molecule has 0 N–H and O–H groups in total. The van der Waals surface area contributed by atoms with Crippen LogP contribution in [-0.4, -0.2) is 12.1 Å². The Morgan fingerprint density at radius 3 is 2.14 bits per heavy atom. The van der Waals surface area contributed by atoms with Crippen LogP contribution in [0.3, 0.4) is 0 Å². The number of carbonyl (C=O) groups is 1. The summed E-state index contributed by atoms with van der Waals surface area (Å²) in [5.41, 5.74) is 2.55. The molecule has 0 aliphatic heterocycles. The average Bonchev–Trinajstić information content (AvgIpc) is 2.47. The highest BCUT2D eigenvalue weighted by atomic mass is 16.5. The first kappa shape index (κ1) is 15.3. The minimum Gasteiger partial charge on any atom is -0.459 e. The van der Waals surface area contributed by atoms with Crippen molar-refractivity contribution in [2.45, 2.75) is 39.2 Å². The molecule has 2 aromatic rings. The van der Waals surface area contributed by atoms with E-state index < -0.39 is 0 Å². The van der Waals surface area contributed by atoms with Crippen LogP contribution in [0, 0.1) is 0 Å². The maximum atomic E-state index is 12.3. The smallest absolute Gasteiger partial charge is 0.338 e. The van der Waals surface area contributed by atoms with E-state index >= 15 is 0 Å². The van der Waals surface area contributed by atoms with Gasteiger partial charge in [0, 0.05) is 5.41 Å². The van der Waals surface area contributed by atoms with Gasteiger partial charge in [-0.15, -0.1) is 0 Å². The highest BCUT2D eigenvalue weighted by Gasteiger charge is 2.28. The molecule has 0 aromatic heterocycles. The zero-order chi connectivity index (χ0) is 15.5. The third-order valence-corrected chi connectivity index (χ3v) is 3.66. The Bertz CT molecular complexity index is 612. The molecule has 0 aliphatic carbocycles. The summed E-state index contributed by atoms with van der Waals surface area (Å²) in [5.74, 6) is -0.260. The van der Waals surface area contributed by atoms with Crippen LogP contribution in [0.15, 0.2) is 54.6 Å². The summed E-state index contributed by atoms with van der Waals surface area (Å²) in [4.78, 5) is 12.3. The van der Waals surface area contributed by atoms with Crippen LogP contribution in [0.4, 0.5) is 0 Å². The van der Waals surface area contributed by atoms with E-state index in [0.717, 1.165) is 5.56 Å². The van der Waals surface area contributed by atoms with E-state index in [9.17, 15) is 4.79 Å². The minimum atomic E-state index is -0.260. The van der Waals surface area contributed by atoms with Gasteiger partial charge in [-0.1, -0.05) is 62.4 Å². The quantitative estimate of drug-likeness (QED) is 0.767. The Kier molecular flexibility index (Phi) is 4.46. The molecule has 0 spiro atoms. The minimum absolute atomic E-state index is 0.120. The van der Waals surface area contributed by atoms with Crippen LogP contribution in [0.1, 0.15) is 49.2 Å². The predicted octanol–water partition coefficient (Wildman–Crippen LogP) is 4.58. The molecule has 0 fully saturated rings. The Hall–Kier alpha value is -2.09. The largest absolute Gasteiger partial charge is 0.459 e. The van der Waals surface area contributed by atoms with Gasteiger partial charge in [0.05, 0.1) is 11.7 Å². The van der Waals surface area contributed by atoms with Crippen LogP contribution in [0.5, 0.6) is 0 Å². The van der Waals surface area contributed by atoms with Crippen molar-refractivity contribution in [2.24, 2.45) is 0 Å². The molecule has 0 atom stereocenters. The first-order valence-electron chi connectivity index (χ1n) is 7.29. The lowest BCUT2D eigenvalue weighted by Crippen LogP contribution is -2.24. The van der Waals surface area contributed by atoms with Gasteiger partial charge in [-0.05, 0) is 31.0 Å². The van der Waals surface area contributed by atoms with E-state index in [-0.39, 0.29) is 17.5 Å². The normalized spacial score (nSPS) is 11.5. The van der Waals surface area contributed by atoms with E-state index in [4.69, 9.17) is 4.74 Å². The Morgan fingerprint density at radius 1 is 0.952 bits per heavy atom. The number of carbonyl (C=O) groups excluding carboxylic acids is 1. The molecule has 0 heterocycles. The number of hydrogen-bond donors (Lipinski definition) is 0. The summed E-state index contributed by atoms with van der Waals surface area (Å²) in [7, 11) is 0. The molecule has 2 heteroatoms. The first-order valence-corrected chi connectivity index (χ1v) is 7.29. The summed E-state index contributed by atoms with van der Waals surface area (Å²) in [6.07, 6.45) is -0.120. The predicted molar refractivity (Wildman–Crippen MR) is 85.6 cm³/mol. The van der Waals surface area contributed by atoms with Crippen molar-refractivity contribution >= 4 is 5.97 Å². The average molecular weight is 282 g/mol. The zero-order valence-corrected chi connectivity index (χ0v) is 13.1. The van der Waals surface area contributed by atoms with E-state index in [0.29, 0.717) is 5.56 Å². The topological polar surface area (TPSA) is 26.3 Å². The Balaban J connectivity index is 2.47. The number of hydrogen-bond acceptors (Lipinski definition) is 2. The molecular formula is C19H22O2. The van der Waals surface area contributed by atoms with Crippen molar-refractivity contribution < 1.29 is 9.53 Å². The van der Waals surface area contributed by atoms with Crippen LogP contribution < -0.4 is 0 Å². The van der Waals surface area contributed by atoms with Crippen molar-refractivity contribution in [1.29, 1.82) is 0 Å². The van der Waals surface area contributed by atoms with Crippen LogP contribution >= 0.6 is 0 Å². The third-order valence-electron chi connectivity index (χ3n) is 3.66. The summed E-state index contributed by atoms with van der Waals surface area (Å²) in [6.45, 7) is 7.99. The number of esters is 1. The van der Waals surface area contributed by atoms with E-state index in [1.165, 1.54) is 5.56 Å². The Morgan fingerprint density at radius 2 is 1.52 bits per heavy atom. The lowest BCUT2D eigenvalue weighted by Gasteiger charge is -2.28. The molecule has 0 radical (unpaired) electrons. The molecule has 0 bridgehead atoms. The van der Waals surface area contributed by atoms with Crippen molar-refractivity contribution in [1.82, 2.24) is 0 Å². The van der Waals surface area contributed by atoms with Crippen molar-refractivity contribution in [3.63, 3.8) is 0 Å². The molecule has 0 aliphatic rings. The van der Waals surface area contributed by atoms with Gasteiger partial charge in [0.1, 0.15) is 0 Å². The zero-order valence-electron chi connectivity index (χ0n) is 13.1. The van der Waals surface area contributed by atoms with Crippen LogP contribution in [0.25, 0.3) is 0 Å². The van der Waals surface area contributed by atoms with Crippen molar-refractivity contribution in [3.8, 4) is 0 Å². The standard InChI is InChI=1S/C19H22O2/c1-14(2)21-18(20)16-12-8-9-13-17(16)19(3,4)15-10-6-5-7-11-15/h5-14H,1-4H3. The molecule has 2 aromatic carbocycles. The number of rotatable bonds is 4. The summed E-state index contributed by atoms with van der Waals surface area (Å²) >= 11 is 0. The van der Waals surface area contributed by atoms with Gasteiger partial charge in [-0.3, -0.25) is 0 Å². The molecule has 0 amide bonds. The van der Waals surface area contributed by atoms with Gasteiger partial charge in [0.25, 0.3) is 0 Å². The molecule has 21 heavy (non-hydrogen) atoms. The van der Waals surface area contributed by atoms with Crippen molar-refractivity contribution in [2.75, 3.05) is 0 Å². The molecular weight excluding hydrogens is 260 g/mol. The van der Waals surface area contributed by atoms with Gasteiger partial charge >= 0.3 is 5.97 Å². The Labute approximate surface area is 126 Å². The van der Waals surface area contributed by atoms with Gasteiger partial charge in [-0.25, -0.2) is 4.79 Å². The second-order valence-electron chi connectivity index (χ2n) is 5.99. The molecule has 2 rings (SSSR count). The van der Waals surface area contributed by atoms with Gasteiger partial charge < -0.3 is 4.74 Å². The highest BCUT2D eigenvalue weighted by molar-refractivity contribution is 5.91. The molecule has 0 saturated carbocycles. The molecule has 0 unspecified atom stereocenters. The molecule has 0 saturated heterocycles. The van der Waals surface area contributed by atoms with E-state index in [1.54, 1.807) is 0 Å². The van der Waals surface area contributed by atoms with E-state index in [2.05, 4.69) is 26.0 Å².